The van der Waals surface area contributed by atoms with Gasteiger partial charge < -0.3 is 4.74 Å². The maximum atomic E-state index is 11.5. The topological polar surface area (TPSA) is 26.3 Å². The molecule has 0 fully saturated rings. The molecule has 0 spiro atoms. The third kappa shape index (κ3) is 8.49. The second-order valence-electron chi connectivity index (χ2n) is 3.89. The van der Waals surface area contributed by atoms with Crippen LogP contribution in [0.3, 0.4) is 0 Å². The van der Waals surface area contributed by atoms with E-state index >= 15 is 0 Å². The molecule has 16 heavy (non-hydrogen) atoms. The predicted molar refractivity (Wildman–Crippen MR) is 69.2 cm³/mol. The Bertz CT molecular complexity index is 202. The molecular formula is C11H19Cl3O2. The largest absolute Gasteiger partial charge is 0.469 e. The minimum absolute atomic E-state index is 0.219. The first kappa shape index (κ1) is 16.3. The van der Waals surface area contributed by atoms with Crippen LogP contribution in [-0.4, -0.2) is 16.9 Å². The molecule has 0 bridgehead atoms. The lowest BCUT2D eigenvalue weighted by Gasteiger charge is -2.19. The zero-order chi connectivity index (χ0) is 12.6. The van der Waals surface area contributed by atoms with Gasteiger partial charge in [0.05, 0.1) is 13.0 Å². The van der Waals surface area contributed by atoms with Crippen LogP contribution in [0.5, 0.6) is 0 Å². The molecule has 0 aromatic carbocycles. The van der Waals surface area contributed by atoms with E-state index in [0.29, 0.717) is 0 Å². The van der Waals surface area contributed by atoms with E-state index in [-0.39, 0.29) is 18.3 Å². The van der Waals surface area contributed by atoms with E-state index in [1.807, 2.05) is 0 Å². The zero-order valence-corrected chi connectivity index (χ0v) is 12.0. The van der Waals surface area contributed by atoms with Gasteiger partial charge in [-0.15, -0.1) is 0 Å². The molecule has 0 aliphatic rings. The number of hydrogen-bond acceptors (Lipinski definition) is 2. The van der Waals surface area contributed by atoms with Gasteiger partial charge in [-0.25, -0.2) is 0 Å². The molecule has 0 aromatic heterocycles. The van der Waals surface area contributed by atoms with Crippen molar-refractivity contribution in [1.82, 2.24) is 0 Å². The van der Waals surface area contributed by atoms with E-state index in [1.54, 1.807) is 0 Å². The van der Waals surface area contributed by atoms with Crippen LogP contribution in [0.15, 0.2) is 0 Å². The Balaban J connectivity index is 4.06. The summed E-state index contributed by atoms with van der Waals surface area (Å²) in [6.07, 6.45) is 5.34. The van der Waals surface area contributed by atoms with Crippen molar-refractivity contribution in [1.29, 1.82) is 0 Å². The fourth-order valence-electron chi connectivity index (χ4n) is 1.57. The summed E-state index contributed by atoms with van der Waals surface area (Å²) in [5.74, 6) is -0.600. The fourth-order valence-corrected chi connectivity index (χ4v) is 2.13. The molecule has 0 rings (SSSR count). The number of carbonyl (C=O) groups is 1. The minimum atomic E-state index is -1.39. The molecule has 0 aromatic rings. The highest BCUT2D eigenvalue weighted by Crippen LogP contribution is 2.35. The van der Waals surface area contributed by atoms with Crippen LogP contribution in [-0.2, 0) is 9.53 Å². The van der Waals surface area contributed by atoms with Crippen molar-refractivity contribution in [3.8, 4) is 0 Å². The van der Waals surface area contributed by atoms with Crippen molar-refractivity contribution in [2.75, 3.05) is 7.11 Å². The fraction of sp³-hybridized carbons (Fsp3) is 0.909. The van der Waals surface area contributed by atoms with E-state index in [4.69, 9.17) is 39.5 Å². The summed E-state index contributed by atoms with van der Waals surface area (Å²) in [6.45, 7) is 2.14. The Hall–Kier alpha value is 0.340. The van der Waals surface area contributed by atoms with Gasteiger partial charge >= 0.3 is 5.97 Å². The average Bonchev–Trinajstić information content (AvgIpc) is 2.19. The lowest BCUT2D eigenvalue weighted by molar-refractivity contribution is -0.145. The third-order valence-corrected chi connectivity index (χ3v) is 2.88. The molecule has 0 aliphatic heterocycles. The first-order valence-corrected chi connectivity index (χ1v) is 6.68. The highest BCUT2D eigenvalue weighted by molar-refractivity contribution is 6.67. The Morgan fingerprint density at radius 1 is 1.25 bits per heavy atom. The van der Waals surface area contributed by atoms with Gasteiger partial charge in [-0.2, -0.15) is 0 Å². The maximum absolute atomic E-state index is 11.5. The SMILES string of the molecule is CCCCCCC(CC(Cl)(Cl)Cl)C(=O)OC. The number of halogens is 3. The van der Waals surface area contributed by atoms with Crippen LogP contribution in [0, 0.1) is 5.92 Å². The number of esters is 1. The number of rotatable bonds is 7. The number of hydrogen-bond donors (Lipinski definition) is 0. The van der Waals surface area contributed by atoms with Crippen molar-refractivity contribution >= 4 is 40.8 Å². The molecular weight excluding hydrogens is 270 g/mol. The highest BCUT2D eigenvalue weighted by Gasteiger charge is 2.30. The summed E-state index contributed by atoms with van der Waals surface area (Å²) < 4.78 is 3.32. The normalized spacial score (nSPS) is 13.6. The number of unbranched alkanes of at least 4 members (excludes halogenated alkanes) is 3. The molecule has 0 amide bonds. The van der Waals surface area contributed by atoms with Crippen LogP contribution in [0.1, 0.15) is 45.4 Å². The van der Waals surface area contributed by atoms with Gasteiger partial charge in [-0.3, -0.25) is 4.79 Å². The minimum Gasteiger partial charge on any atom is -0.469 e. The summed E-state index contributed by atoms with van der Waals surface area (Å²) in [6, 6.07) is 0. The van der Waals surface area contributed by atoms with E-state index < -0.39 is 3.79 Å². The molecule has 0 radical (unpaired) electrons. The second-order valence-corrected chi connectivity index (χ2v) is 6.40. The lowest BCUT2D eigenvalue weighted by atomic mass is 9.98. The first-order chi connectivity index (χ1) is 7.40. The molecule has 1 unspecified atom stereocenters. The standard InChI is InChI=1S/C11H19Cl3O2/c1-3-4-5-6-7-9(10(15)16-2)8-11(12,13)14/h9H,3-8H2,1-2H3. The van der Waals surface area contributed by atoms with Crippen molar-refractivity contribution in [3.63, 3.8) is 0 Å². The van der Waals surface area contributed by atoms with Gasteiger partial charge in [0.2, 0.25) is 0 Å². The second kappa shape index (κ2) is 8.43. The van der Waals surface area contributed by atoms with E-state index in [9.17, 15) is 4.79 Å². The van der Waals surface area contributed by atoms with E-state index in [0.717, 1.165) is 25.7 Å². The Morgan fingerprint density at radius 2 is 1.88 bits per heavy atom. The third-order valence-electron chi connectivity index (χ3n) is 2.42. The quantitative estimate of drug-likeness (QED) is 0.392. The van der Waals surface area contributed by atoms with Gasteiger partial charge in [0.25, 0.3) is 0 Å². The zero-order valence-electron chi connectivity index (χ0n) is 9.77. The molecule has 0 saturated carbocycles. The molecule has 96 valence electrons. The van der Waals surface area contributed by atoms with E-state index in [1.165, 1.54) is 13.5 Å². The van der Waals surface area contributed by atoms with Crippen LogP contribution in [0.2, 0.25) is 0 Å². The Labute approximate surface area is 113 Å². The molecule has 0 aliphatic carbocycles. The summed E-state index contributed by atoms with van der Waals surface area (Å²) in [4.78, 5) is 11.5. The monoisotopic (exact) mass is 288 g/mol. The lowest BCUT2D eigenvalue weighted by Crippen LogP contribution is -2.22. The van der Waals surface area contributed by atoms with Gasteiger partial charge in [-0.05, 0) is 6.42 Å². The van der Waals surface area contributed by atoms with Crippen LogP contribution >= 0.6 is 34.8 Å². The van der Waals surface area contributed by atoms with Gasteiger partial charge in [0.15, 0.2) is 3.79 Å². The summed E-state index contributed by atoms with van der Waals surface area (Å²) in [5.41, 5.74) is 0. The van der Waals surface area contributed by atoms with Gasteiger partial charge in [0, 0.05) is 6.42 Å². The Kier molecular flexibility index (Phi) is 8.61. The molecule has 0 heterocycles. The highest BCUT2D eigenvalue weighted by atomic mass is 35.6. The Morgan fingerprint density at radius 3 is 2.31 bits per heavy atom. The summed E-state index contributed by atoms with van der Waals surface area (Å²) in [7, 11) is 1.36. The van der Waals surface area contributed by atoms with Crippen molar-refractivity contribution in [3.05, 3.63) is 0 Å². The number of ether oxygens (including phenoxy) is 1. The van der Waals surface area contributed by atoms with E-state index in [2.05, 4.69) is 6.92 Å². The number of alkyl halides is 3. The average molecular weight is 290 g/mol. The van der Waals surface area contributed by atoms with Gasteiger partial charge in [0.1, 0.15) is 0 Å². The molecule has 1 atom stereocenters. The van der Waals surface area contributed by atoms with Crippen molar-refractivity contribution in [2.45, 2.75) is 49.2 Å². The molecule has 5 heteroatoms. The molecule has 0 N–H and O–H groups in total. The van der Waals surface area contributed by atoms with Crippen LogP contribution in [0.4, 0.5) is 0 Å². The summed E-state index contributed by atoms with van der Waals surface area (Å²) in [5, 5.41) is 0. The molecule has 2 nitrogen and oxygen atoms in total. The number of methoxy groups -OCH3 is 1. The smallest absolute Gasteiger partial charge is 0.308 e. The molecule has 0 saturated heterocycles. The number of carbonyl (C=O) groups excluding carboxylic acids is 1. The maximum Gasteiger partial charge on any atom is 0.308 e. The van der Waals surface area contributed by atoms with Crippen LogP contribution in [0.25, 0.3) is 0 Å². The van der Waals surface area contributed by atoms with Crippen molar-refractivity contribution in [2.24, 2.45) is 5.92 Å². The summed E-state index contributed by atoms with van der Waals surface area (Å²) >= 11 is 17.1. The van der Waals surface area contributed by atoms with Crippen molar-refractivity contribution < 1.29 is 9.53 Å². The van der Waals surface area contributed by atoms with Crippen LogP contribution < -0.4 is 0 Å². The van der Waals surface area contributed by atoms with Gasteiger partial charge in [-0.1, -0.05) is 67.4 Å². The predicted octanol–water partition coefficient (Wildman–Crippen LogP) is 4.51. The first-order valence-electron chi connectivity index (χ1n) is 5.55.